The van der Waals surface area contributed by atoms with E-state index in [4.69, 9.17) is 16.2 Å². The van der Waals surface area contributed by atoms with E-state index in [1.807, 2.05) is 0 Å². The number of primary amides is 1. The van der Waals surface area contributed by atoms with Gasteiger partial charge in [-0.2, -0.15) is 0 Å². The smallest absolute Gasteiger partial charge is 0.251 e. The molecule has 2 heterocycles. The first kappa shape index (κ1) is 13.6. The van der Waals surface area contributed by atoms with E-state index in [9.17, 15) is 4.79 Å². The third-order valence-corrected chi connectivity index (χ3v) is 3.66. The Labute approximate surface area is 112 Å². The first-order chi connectivity index (χ1) is 8.95. The molecule has 1 aliphatic heterocycles. The summed E-state index contributed by atoms with van der Waals surface area (Å²) in [6.07, 6.45) is 3.60. The number of carbonyl (C=O) groups excluding carboxylic acids is 1. The molecule has 2 rings (SSSR count). The van der Waals surface area contributed by atoms with Crippen molar-refractivity contribution in [1.29, 1.82) is 0 Å². The van der Waals surface area contributed by atoms with E-state index in [1.165, 1.54) is 6.07 Å². The topological polar surface area (TPSA) is 94.5 Å². The van der Waals surface area contributed by atoms with Gasteiger partial charge in [0.2, 0.25) is 0 Å². The van der Waals surface area contributed by atoms with E-state index in [0.717, 1.165) is 25.1 Å². The van der Waals surface area contributed by atoms with Crippen LogP contribution in [-0.4, -0.2) is 36.7 Å². The van der Waals surface area contributed by atoms with Gasteiger partial charge in [0, 0.05) is 20.2 Å². The van der Waals surface area contributed by atoms with Gasteiger partial charge in [0.05, 0.1) is 23.0 Å². The van der Waals surface area contributed by atoms with E-state index in [0.29, 0.717) is 17.9 Å². The first-order valence-corrected chi connectivity index (χ1v) is 6.30. The van der Waals surface area contributed by atoms with Crippen molar-refractivity contribution in [2.45, 2.75) is 25.4 Å². The highest BCUT2D eigenvalue weighted by Crippen LogP contribution is 2.30. The molecule has 0 spiro atoms. The van der Waals surface area contributed by atoms with Gasteiger partial charge in [-0.25, -0.2) is 4.98 Å². The molecular formula is C13H20N4O2. The Morgan fingerprint density at radius 1 is 1.58 bits per heavy atom. The van der Waals surface area contributed by atoms with E-state index in [-0.39, 0.29) is 5.60 Å². The van der Waals surface area contributed by atoms with Crippen LogP contribution >= 0.6 is 0 Å². The Balaban J connectivity index is 2.33. The second kappa shape index (κ2) is 5.05. The van der Waals surface area contributed by atoms with Crippen LogP contribution in [0.1, 0.15) is 30.1 Å². The van der Waals surface area contributed by atoms with Crippen molar-refractivity contribution in [3.05, 3.63) is 17.8 Å². The number of pyridine rings is 1. The molecule has 6 heteroatoms. The lowest BCUT2D eigenvalue weighted by Crippen LogP contribution is -2.48. The van der Waals surface area contributed by atoms with Crippen LogP contribution in [-0.2, 0) is 4.74 Å². The number of rotatable bonds is 3. The third-order valence-electron chi connectivity index (χ3n) is 3.66. The van der Waals surface area contributed by atoms with Crippen LogP contribution < -0.4 is 16.4 Å². The maximum absolute atomic E-state index is 11.5. The van der Waals surface area contributed by atoms with Crippen molar-refractivity contribution in [3.63, 3.8) is 0 Å². The number of anilines is 2. The number of amides is 1. The van der Waals surface area contributed by atoms with Crippen LogP contribution in [0.25, 0.3) is 0 Å². The van der Waals surface area contributed by atoms with Crippen LogP contribution in [0.3, 0.4) is 0 Å². The Hall–Kier alpha value is -1.82. The molecule has 0 saturated carbocycles. The van der Waals surface area contributed by atoms with Crippen molar-refractivity contribution >= 4 is 17.4 Å². The summed E-state index contributed by atoms with van der Waals surface area (Å²) in [4.78, 5) is 17.7. The SMILES string of the molecule is COC1(C)CCCN(c2cnc(N)cc2C(N)=O)C1. The maximum atomic E-state index is 11.5. The average molecular weight is 264 g/mol. The minimum absolute atomic E-state index is 0.214. The normalized spacial score (nSPS) is 23.4. The third kappa shape index (κ3) is 2.78. The minimum Gasteiger partial charge on any atom is -0.384 e. The Morgan fingerprint density at radius 3 is 2.95 bits per heavy atom. The summed E-state index contributed by atoms with van der Waals surface area (Å²) in [5.74, 6) is -0.196. The fraction of sp³-hybridized carbons (Fsp3) is 0.538. The van der Waals surface area contributed by atoms with E-state index >= 15 is 0 Å². The van der Waals surface area contributed by atoms with E-state index in [1.54, 1.807) is 13.3 Å². The van der Waals surface area contributed by atoms with E-state index in [2.05, 4.69) is 16.8 Å². The van der Waals surface area contributed by atoms with Crippen molar-refractivity contribution in [2.75, 3.05) is 30.8 Å². The first-order valence-electron chi connectivity index (χ1n) is 6.30. The fourth-order valence-electron chi connectivity index (χ4n) is 2.49. The van der Waals surface area contributed by atoms with Gasteiger partial charge in [0.25, 0.3) is 5.91 Å². The maximum Gasteiger partial charge on any atom is 0.251 e. The van der Waals surface area contributed by atoms with Crippen LogP contribution in [0.4, 0.5) is 11.5 Å². The molecule has 1 unspecified atom stereocenters. The number of nitrogen functional groups attached to an aromatic ring is 1. The Bertz CT molecular complexity index is 492. The minimum atomic E-state index is -0.492. The molecule has 104 valence electrons. The monoisotopic (exact) mass is 264 g/mol. The molecule has 6 nitrogen and oxygen atoms in total. The number of aromatic nitrogens is 1. The van der Waals surface area contributed by atoms with Crippen molar-refractivity contribution in [2.24, 2.45) is 5.73 Å². The summed E-state index contributed by atoms with van der Waals surface area (Å²) >= 11 is 0. The molecule has 0 bridgehead atoms. The summed E-state index contributed by atoms with van der Waals surface area (Å²) in [5.41, 5.74) is 11.9. The Kier molecular flexibility index (Phi) is 3.61. The predicted octanol–water partition coefficient (Wildman–Crippen LogP) is 0.768. The van der Waals surface area contributed by atoms with Crippen molar-refractivity contribution < 1.29 is 9.53 Å². The lowest BCUT2D eigenvalue weighted by molar-refractivity contribution is -0.00470. The molecule has 4 N–H and O–H groups in total. The number of nitrogens with two attached hydrogens (primary N) is 2. The molecule has 1 aliphatic rings. The number of methoxy groups -OCH3 is 1. The van der Waals surface area contributed by atoms with Gasteiger partial charge in [0.15, 0.2) is 0 Å². The summed E-state index contributed by atoms with van der Waals surface area (Å²) in [6, 6.07) is 1.52. The molecule has 1 atom stereocenters. The molecule has 1 amide bonds. The van der Waals surface area contributed by atoms with E-state index < -0.39 is 5.91 Å². The molecule has 1 aromatic rings. The summed E-state index contributed by atoms with van der Waals surface area (Å²) < 4.78 is 5.55. The number of hydrogen-bond donors (Lipinski definition) is 2. The molecule has 0 aromatic carbocycles. The molecule has 0 aliphatic carbocycles. The molecule has 0 radical (unpaired) electrons. The second-order valence-corrected chi connectivity index (χ2v) is 5.17. The molecule has 1 aromatic heterocycles. The zero-order chi connectivity index (χ0) is 14.0. The van der Waals surface area contributed by atoms with Crippen molar-refractivity contribution in [3.8, 4) is 0 Å². The van der Waals surface area contributed by atoms with Gasteiger partial charge in [-0.3, -0.25) is 4.79 Å². The number of piperidine rings is 1. The van der Waals surface area contributed by atoms with Gasteiger partial charge in [-0.1, -0.05) is 0 Å². The number of ether oxygens (including phenoxy) is 1. The largest absolute Gasteiger partial charge is 0.384 e. The highest BCUT2D eigenvalue weighted by atomic mass is 16.5. The highest BCUT2D eigenvalue weighted by Gasteiger charge is 2.32. The number of nitrogens with zero attached hydrogens (tertiary/aromatic N) is 2. The summed E-state index contributed by atoms with van der Waals surface area (Å²) in [5, 5.41) is 0. The van der Waals surface area contributed by atoms with Crippen molar-refractivity contribution in [1.82, 2.24) is 4.98 Å². The van der Waals surface area contributed by atoms with Crippen LogP contribution in [0.2, 0.25) is 0 Å². The molecular weight excluding hydrogens is 244 g/mol. The van der Waals surface area contributed by atoms with Gasteiger partial charge in [0.1, 0.15) is 5.82 Å². The van der Waals surface area contributed by atoms with Gasteiger partial charge in [-0.15, -0.1) is 0 Å². The highest BCUT2D eigenvalue weighted by molar-refractivity contribution is 5.99. The standard InChI is InChI=1S/C13H20N4O2/c1-13(19-2)4-3-5-17(8-13)10-7-16-11(14)6-9(10)12(15)18/h6-7H,3-5,8H2,1-2H3,(H2,14,16)(H2,15,18). The zero-order valence-electron chi connectivity index (χ0n) is 11.3. The quantitative estimate of drug-likeness (QED) is 0.840. The molecule has 1 saturated heterocycles. The average Bonchev–Trinajstić information content (AvgIpc) is 2.38. The zero-order valence-corrected chi connectivity index (χ0v) is 11.3. The molecule has 1 fully saturated rings. The van der Waals surface area contributed by atoms with Crippen LogP contribution in [0.15, 0.2) is 12.3 Å². The van der Waals surface area contributed by atoms with Gasteiger partial charge < -0.3 is 21.1 Å². The summed E-state index contributed by atoms with van der Waals surface area (Å²) in [6.45, 7) is 3.62. The lowest BCUT2D eigenvalue weighted by atomic mass is 9.94. The predicted molar refractivity (Wildman–Crippen MR) is 74.0 cm³/mol. The van der Waals surface area contributed by atoms with Crippen LogP contribution in [0, 0.1) is 0 Å². The number of carbonyl (C=O) groups is 1. The number of hydrogen-bond acceptors (Lipinski definition) is 5. The molecule has 19 heavy (non-hydrogen) atoms. The summed E-state index contributed by atoms with van der Waals surface area (Å²) in [7, 11) is 1.71. The van der Waals surface area contributed by atoms with Gasteiger partial charge >= 0.3 is 0 Å². The Morgan fingerprint density at radius 2 is 2.32 bits per heavy atom. The second-order valence-electron chi connectivity index (χ2n) is 5.17. The lowest BCUT2D eigenvalue weighted by Gasteiger charge is -2.41. The fourth-order valence-corrected chi connectivity index (χ4v) is 2.49. The van der Waals surface area contributed by atoms with Gasteiger partial charge in [-0.05, 0) is 25.8 Å². The van der Waals surface area contributed by atoms with Crippen LogP contribution in [0.5, 0.6) is 0 Å².